The molecule has 0 saturated heterocycles. The number of para-hydroxylation sites is 1. The first-order valence-electron chi connectivity index (χ1n) is 8.42. The first-order chi connectivity index (χ1) is 13.0. The molecule has 0 fully saturated rings. The number of benzene rings is 2. The number of nitrogens with two attached hydrogens (primary N) is 1. The zero-order valence-corrected chi connectivity index (χ0v) is 14.9. The average molecular weight is 359 g/mol. The third-order valence-electron chi connectivity index (χ3n) is 4.72. The molecule has 1 atom stereocenters. The number of ether oxygens (including phenoxy) is 1. The van der Waals surface area contributed by atoms with E-state index in [1.54, 1.807) is 18.2 Å². The number of rotatable bonds is 2. The summed E-state index contributed by atoms with van der Waals surface area (Å²) in [5.74, 6) is -0.293. The molecule has 3 aromatic rings. The van der Waals surface area contributed by atoms with E-state index in [0.717, 1.165) is 11.3 Å². The number of fused-ring (bicyclic) bond motifs is 3. The van der Waals surface area contributed by atoms with E-state index in [1.165, 1.54) is 0 Å². The van der Waals surface area contributed by atoms with Crippen LogP contribution < -0.4 is 21.0 Å². The normalized spacial score (nSPS) is 15.8. The Hall–Kier alpha value is -3.72. The summed E-state index contributed by atoms with van der Waals surface area (Å²) in [6.45, 7) is 0. The van der Waals surface area contributed by atoms with Gasteiger partial charge in [-0.3, -0.25) is 0 Å². The minimum Gasteiger partial charge on any atom is -0.439 e. The van der Waals surface area contributed by atoms with Gasteiger partial charge in [-0.1, -0.05) is 24.3 Å². The van der Waals surface area contributed by atoms with Gasteiger partial charge in [-0.15, -0.1) is 0 Å². The third kappa shape index (κ3) is 2.61. The Morgan fingerprint density at radius 1 is 1.11 bits per heavy atom. The fourth-order valence-electron chi connectivity index (χ4n) is 3.36. The van der Waals surface area contributed by atoms with Gasteiger partial charge in [0.15, 0.2) is 5.75 Å². The Kier molecular flexibility index (Phi) is 3.85. The zero-order chi connectivity index (χ0) is 19.1. The minimum atomic E-state index is -0.643. The van der Waals surface area contributed by atoms with Gasteiger partial charge in [-0.25, -0.2) is 4.79 Å². The molecule has 2 heterocycles. The van der Waals surface area contributed by atoms with Gasteiger partial charge in [0.05, 0.1) is 16.9 Å². The lowest BCUT2D eigenvalue weighted by Gasteiger charge is -2.26. The van der Waals surface area contributed by atoms with Crippen molar-refractivity contribution in [2.75, 3.05) is 19.0 Å². The molecule has 0 amide bonds. The Balaban J connectivity index is 2.00. The maximum absolute atomic E-state index is 12.8. The van der Waals surface area contributed by atoms with E-state index >= 15 is 0 Å². The van der Waals surface area contributed by atoms with Gasteiger partial charge in [0.2, 0.25) is 5.88 Å². The Labute approximate surface area is 155 Å². The van der Waals surface area contributed by atoms with Crippen LogP contribution in [0.25, 0.3) is 11.0 Å². The van der Waals surface area contributed by atoms with Crippen LogP contribution in [0.3, 0.4) is 0 Å². The molecule has 134 valence electrons. The number of nitrogens with zero attached hydrogens (tertiary/aromatic N) is 2. The summed E-state index contributed by atoms with van der Waals surface area (Å²) in [5, 5.41) is 10.3. The van der Waals surface area contributed by atoms with Gasteiger partial charge in [0.25, 0.3) is 0 Å². The molecule has 1 aliphatic heterocycles. The summed E-state index contributed by atoms with van der Waals surface area (Å²) in [6, 6.07) is 16.8. The second-order valence-corrected chi connectivity index (χ2v) is 6.54. The van der Waals surface area contributed by atoms with E-state index in [1.807, 2.05) is 49.3 Å². The monoisotopic (exact) mass is 359 g/mol. The van der Waals surface area contributed by atoms with Crippen LogP contribution in [0.1, 0.15) is 17.0 Å². The maximum atomic E-state index is 12.8. The predicted molar refractivity (Wildman–Crippen MR) is 103 cm³/mol. The molecule has 0 bridgehead atoms. The van der Waals surface area contributed by atoms with Crippen molar-refractivity contribution in [2.45, 2.75) is 5.92 Å². The number of hydrogen-bond donors (Lipinski definition) is 1. The van der Waals surface area contributed by atoms with E-state index < -0.39 is 11.5 Å². The van der Waals surface area contributed by atoms with Crippen LogP contribution in [0.5, 0.6) is 5.75 Å². The van der Waals surface area contributed by atoms with Gasteiger partial charge in [-0.2, -0.15) is 5.26 Å². The van der Waals surface area contributed by atoms with Crippen LogP contribution in [0, 0.1) is 11.3 Å². The standard InChI is InChI=1S/C21H17N3O3/c1-24(2)13-9-7-12(8-10-13)17-15(11-22)20(23)27-19-14-5-3-4-6-16(14)26-21(25)18(17)19/h3-10,17H,23H2,1-2H3/t17-/m1/s1. The Morgan fingerprint density at radius 2 is 1.81 bits per heavy atom. The second-order valence-electron chi connectivity index (χ2n) is 6.54. The number of anilines is 1. The quantitative estimate of drug-likeness (QED) is 0.707. The third-order valence-corrected chi connectivity index (χ3v) is 4.72. The summed E-state index contributed by atoms with van der Waals surface area (Å²) < 4.78 is 11.2. The van der Waals surface area contributed by atoms with Crippen LogP contribution in [-0.2, 0) is 0 Å². The van der Waals surface area contributed by atoms with Gasteiger partial charge in [0, 0.05) is 19.8 Å². The van der Waals surface area contributed by atoms with Crippen molar-refractivity contribution in [3.63, 3.8) is 0 Å². The van der Waals surface area contributed by atoms with Crippen LogP contribution in [0.15, 0.2) is 69.2 Å². The molecule has 0 saturated carbocycles. The molecule has 0 unspecified atom stereocenters. The molecule has 2 N–H and O–H groups in total. The highest BCUT2D eigenvalue weighted by Gasteiger charge is 2.35. The number of allylic oxidation sites excluding steroid dienone is 1. The minimum absolute atomic E-state index is 0.00226. The maximum Gasteiger partial charge on any atom is 0.344 e. The second kappa shape index (κ2) is 6.22. The molecule has 6 heteroatoms. The van der Waals surface area contributed by atoms with Crippen molar-refractivity contribution in [1.82, 2.24) is 0 Å². The molecule has 27 heavy (non-hydrogen) atoms. The largest absolute Gasteiger partial charge is 0.439 e. The van der Waals surface area contributed by atoms with E-state index in [0.29, 0.717) is 16.7 Å². The van der Waals surface area contributed by atoms with E-state index in [9.17, 15) is 10.1 Å². The van der Waals surface area contributed by atoms with Gasteiger partial charge in [0.1, 0.15) is 17.2 Å². The van der Waals surface area contributed by atoms with E-state index in [4.69, 9.17) is 14.9 Å². The number of nitriles is 1. The van der Waals surface area contributed by atoms with Crippen LogP contribution >= 0.6 is 0 Å². The Bertz CT molecular complexity index is 1170. The molecule has 1 aromatic heterocycles. The Morgan fingerprint density at radius 3 is 2.48 bits per heavy atom. The lowest BCUT2D eigenvalue weighted by atomic mass is 9.84. The lowest BCUT2D eigenvalue weighted by Crippen LogP contribution is -2.26. The summed E-state index contributed by atoms with van der Waals surface area (Å²) in [4.78, 5) is 14.7. The first kappa shape index (κ1) is 16.7. The highest BCUT2D eigenvalue weighted by molar-refractivity contribution is 5.86. The SMILES string of the molecule is CN(C)c1ccc([C@@H]2C(C#N)=C(N)Oc3c2c(=O)oc2ccccc32)cc1. The first-order valence-corrected chi connectivity index (χ1v) is 8.42. The highest BCUT2D eigenvalue weighted by atomic mass is 16.5. The number of hydrogen-bond acceptors (Lipinski definition) is 6. The van der Waals surface area contributed by atoms with Crippen LogP contribution in [0.2, 0.25) is 0 Å². The van der Waals surface area contributed by atoms with Crippen LogP contribution in [0.4, 0.5) is 5.69 Å². The summed E-state index contributed by atoms with van der Waals surface area (Å²) in [5.41, 5.74) is 8.18. The molecule has 2 aromatic carbocycles. The van der Waals surface area contributed by atoms with E-state index in [-0.39, 0.29) is 17.0 Å². The summed E-state index contributed by atoms with van der Waals surface area (Å²) in [6.07, 6.45) is 0. The van der Waals surface area contributed by atoms with Gasteiger partial charge >= 0.3 is 5.63 Å². The summed E-state index contributed by atoms with van der Waals surface area (Å²) in [7, 11) is 3.89. The lowest BCUT2D eigenvalue weighted by molar-refractivity contribution is 0.388. The molecule has 0 aliphatic carbocycles. The van der Waals surface area contributed by atoms with Crippen molar-refractivity contribution < 1.29 is 9.15 Å². The summed E-state index contributed by atoms with van der Waals surface area (Å²) >= 11 is 0. The molecule has 4 rings (SSSR count). The van der Waals surface area contributed by atoms with Crippen molar-refractivity contribution in [2.24, 2.45) is 5.73 Å². The highest BCUT2D eigenvalue weighted by Crippen LogP contribution is 2.43. The van der Waals surface area contributed by atoms with Crippen molar-refractivity contribution >= 4 is 16.7 Å². The average Bonchev–Trinajstić information content (AvgIpc) is 2.67. The predicted octanol–water partition coefficient (Wildman–Crippen LogP) is 3.08. The van der Waals surface area contributed by atoms with Crippen LogP contribution in [-0.4, -0.2) is 14.1 Å². The van der Waals surface area contributed by atoms with E-state index in [2.05, 4.69) is 6.07 Å². The van der Waals surface area contributed by atoms with Gasteiger partial charge < -0.3 is 19.8 Å². The molecular weight excluding hydrogens is 342 g/mol. The van der Waals surface area contributed by atoms with Crippen molar-refractivity contribution in [3.8, 4) is 11.8 Å². The molecule has 0 radical (unpaired) electrons. The van der Waals surface area contributed by atoms with Crippen molar-refractivity contribution in [3.05, 3.63) is 81.5 Å². The molecule has 1 aliphatic rings. The van der Waals surface area contributed by atoms with Crippen molar-refractivity contribution in [1.29, 1.82) is 5.26 Å². The zero-order valence-electron chi connectivity index (χ0n) is 14.9. The molecule has 6 nitrogen and oxygen atoms in total. The van der Waals surface area contributed by atoms with Gasteiger partial charge in [-0.05, 0) is 29.8 Å². The fraction of sp³-hybridized carbons (Fsp3) is 0.143. The molecular formula is C21H17N3O3. The fourth-order valence-corrected chi connectivity index (χ4v) is 3.36. The topological polar surface area (TPSA) is 92.5 Å². The smallest absolute Gasteiger partial charge is 0.344 e. The molecule has 0 spiro atoms.